The van der Waals surface area contributed by atoms with Gasteiger partial charge in [0.25, 0.3) is 22.9 Å². The highest BCUT2D eigenvalue weighted by Crippen LogP contribution is 2.27. The molecule has 4 aromatic carbocycles. The maximum atomic E-state index is 13.1. The Morgan fingerprint density at radius 3 is 1.54 bits per heavy atom. The topological polar surface area (TPSA) is 236 Å². The van der Waals surface area contributed by atoms with Crippen LogP contribution in [0.25, 0.3) is 44.1 Å². The molecule has 0 bridgehead atoms. The maximum Gasteiger partial charge on any atom is 0.326 e. The van der Waals surface area contributed by atoms with Gasteiger partial charge in [-0.05, 0) is 123 Å². The van der Waals surface area contributed by atoms with Gasteiger partial charge in [-0.2, -0.15) is 0 Å². The first-order valence-corrected chi connectivity index (χ1v) is 19.9. The van der Waals surface area contributed by atoms with Gasteiger partial charge in [-0.25, -0.2) is 9.59 Å². The van der Waals surface area contributed by atoms with Crippen molar-refractivity contribution < 1.29 is 19.2 Å². The smallest absolute Gasteiger partial charge is 0.326 e. The number of nitrogens with one attached hydrogen (secondary N) is 2. The van der Waals surface area contributed by atoms with E-state index in [1.54, 1.807) is 108 Å². The van der Waals surface area contributed by atoms with E-state index in [1.807, 2.05) is 76.2 Å². The lowest BCUT2D eigenvalue weighted by molar-refractivity contribution is 0.0965. The Bertz CT molecular complexity index is 3250. The normalized spacial score (nSPS) is 10.2. The minimum Gasteiger partial charge on any atom is -0.399 e. The Balaban J connectivity index is 0.000000213. The van der Waals surface area contributed by atoms with Crippen molar-refractivity contribution in [2.24, 2.45) is 19.1 Å². The molecule has 0 saturated heterocycles. The second kappa shape index (κ2) is 20.9. The zero-order chi connectivity index (χ0) is 46.1. The van der Waals surface area contributed by atoms with Crippen LogP contribution in [0.4, 0.5) is 16.2 Å². The molecule has 0 radical (unpaired) electrons. The lowest BCUT2D eigenvalue weighted by Crippen LogP contribution is -2.34. The van der Waals surface area contributed by atoms with E-state index in [2.05, 4.69) is 25.6 Å². The van der Waals surface area contributed by atoms with Crippen LogP contribution in [0.15, 0.2) is 148 Å². The summed E-state index contributed by atoms with van der Waals surface area (Å²) in [5.41, 5.74) is 14.0. The summed E-state index contributed by atoms with van der Waals surface area (Å²) in [6.07, 6.45) is 4.69. The number of aryl methyl sites for hydroxylation is 6. The zero-order valence-corrected chi connectivity index (χ0v) is 36.7. The molecule has 0 saturated carbocycles. The van der Waals surface area contributed by atoms with Crippen LogP contribution in [0, 0.1) is 27.7 Å². The summed E-state index contributed by atoms with van der Waals surface area (Å²) in [6, 6.07) is 34.8. The number of nitrogens with two attached hydrogens (primary N) is 1. The van der Waals surface area contributed by atoms with E-state index in [9.17, 15) is 28.8 Å². The molecular formula is C50H47N9O6. The number of nitrogens with zero attached hydrogens (tertiary/aromatic N) is 5. The number of benzene rings is 4. The monoisotopic (exact) mass is 869 g/mol. The Morgan fingerprint density at radius 2 is 1.08 bits per heavy atom. The molecule has 0 aliphatic heterocycles. The number of hydrogen-bond acceptors (Lipinski definition) is 10. The van der Waals surface area contributed by atoms with Crippen LogP contribution >= 0.6 is 0 Å². The fraction of sp³-hybridized carbons (Fsp3) is 0.120. The van der Waals surface area contributed by atoms with Crippen molar-refractivity contribution in [2.75, 3.05) is 11.1 Å². The van der Waals surface area contributed by atoms with Crippen LogP contribution < -0.4 is 33.6 Å². The minimum absolute atomic E-state index is 0. The van der Waals surface area contributed by atoms with Gasteiger partial charge < -0.3 is 26.3 Å². The fourth-order valence-corrected chi connectivity index (χ4v) is 6.83. The lowest BCUT2D eigenvalue weighted by atomic mass is 9.97. The number of hydrogen-bond donors (Lipinski definition) is 4. The predicted octanol–water partition coefficient (Wildman–Crippen LogP) is 8.30. The molecule has 15 nitrogen and oxygen atoms in total. The summed E-state index contributed by atoms with van der Waals surface area (Å²) in [5.74, 6) is -1.25. The summed E-state index contributed by atoms with van der Waals surface area (Å²) in [4.78, 5) is 84.6. The SMILES string of the molecule is Cc1cc2c(cn1)cc(-c1cc(C(=O)N=C=O)ccc1C)c(=O)n2C.Cc1cc2c(cn1)cc(-c1cc(C(=O)NC(=O)Nc3ccccc3)ccc1C)c(=O)n2C.N.Nc1ccccc1. The average molecular weight is 870 g/mol. The number of rotatable bonds is 5. The predicted molar refractivity (Wildman–Crippen MR) is 255 cm³/mol. The second-order valence-electron chi connectivity index (χ2n) is 14.9. The number of para-hydroxylation sites is 2. The number of aromatic nitrogens is 4. The van der Waals surface area contributed by atoms with Gasteiger partial charge in [-0.1, -0.05) is 48.5 Å². The fourth-order valence-electron chi connectivity index (χ4n) is 6.83. The average Bonchev–Trinajstić information content (AvgIpc) is 3.28. The van der Waals surface area contributed by atoms with E-state index < -0.39 is 17.8 Å². The van der Waals surface area contributed by atoms with Crippen LogP contribution in [-0.2, 0) is 18.9 Å². The van der Waals surface area contributed by atoms with Gasteiger partial charge in [0, 0.05) is 82.3 Å². The molecule has 0 atom stereocenters. The number of isocyanates is 1. The van der Waals surface area contributed by atoms with Gasteiger partial charge in [0.1, 0.15) is 0 Å². The summed E-state index contributed by atoms with van der Waals surface area (Å²) >= 11 is 0. The van der Waals surface area contributed by atoms with E-state index in [1.165, 1.54) is 6.08 Å². The number of nitrogen functional groups attached to an aromatic ring is 1. The third-order valence-electron chi connectivity index (χ3n) is 10.3. The Morgan fingerprint density at radius 1 is 0.615 bits per heavy atom. The first-order valence-electron chi connectivity index (χ1n) is 19.9. The molecule has 0 spiro atoms. The van der Waals surface area contributed by atoms with Gasteiger partial charge >= 0.3 is 6.03 Å². The number of carbonyl (C=O) groups is 3. The molecular weight excluding hydrogens is 823 g/mol. The molecule has 7 N–H and O–H groups in total. The Labute approximate surface area is 373 Å². The molecule has 4 aromatic heterocycles. The van der Waals surface area contributed by atoms with E-state index in [4.69, 9.17) is 5.73 Å². The van der Waals surface area contributed by atoms with Crippen molar-refractivity contribution in [3.05, 3.63) is 188 Å². The second-order valence-corrected chi connectivity index (χ2v) is 14.9. The zero-order valence-electron chi connectivity index (χ0n) is 36.7. The quantitative estimate of drug-likeness (QED) is 0.0733. The first kappa shape index (κ1) is 47.4. The first-order chi connectivity index (χ1) is 30.6. The van der Waals surface area contributed by atoms with E-state index in [0.29, 0.717) is 27.9 Å². The molecule has 0 aliphatic carbocycles. The van der Waals surface area contributed by atoms with Crippen molar-refractivity contribution in [3.8, 4) is 22.3 Å². The Kier molecular flexibility index (Phi) is 15.3. The molecule has 15 heteroatoms. The van der Waals surface area contributed by atoms with Crippen LogP contribution in [-0.4, -0.2) is 43.0 Å². The third-order valence-corrected chi connectivity index (χ3v) is 10.3. The third kappa shape index (κ3) is 11.2. The van der Waals surface area contributed by atoms with Crippen molar-refractivity contribution in [1.82, 2.24) is 30.6 Å². The highest BCUT2D eigenvalue weighted by molar-refractivity contribution is 6.08. The number of urea groups is 1. The van der Waals surface area contributed by atoms with Crippen LogP contribution in [0.5, 0.6) is 0 Å². The van der Waals surface area contributed by atoms with Crippen LogP contribution in [0.2, 0.25) is 0 Å². The van der Waals surface area contributed by atoms with E-state index in [-0.39, 0.29) is 28.4 Å². The highest BCUT2D eigenvalue weighted by Gasteiger charge is 2.17. The molecule has 328 valence electrons. The summed E-state index contributed by atoms with van der Waals surface area (Å²) in [7, 11) is 3.42. The van der Waals surface area contributed by atoms with Gasteiger partial charge in [0.05, 0.1) is 11.0 Å². The molecule has 65 heavy (non-hydrogen) atoms. The number of aliphatic imine (C=N–C) groups is 1. The van der Waals surface area contributed by atoms with Crippen molar-refractivity contribution in [2.45, 2.75) is 27.7 Å². The van der Waals surface area contributed by atoms with E-state index >= 15 is 0 Å². The van der Waals surface area contributed by atoms with Gasteiger partial charge in [0.2, 0.25) is 6.08 Å². The molecule has 4 heterocycles. The van der Waals surface area contributed by atoms with Crippen LogP contribution in [0.3, 0.4) is 0 Å². The summed E-state index contributed by atoms with van der Waals surface area (Å²) in [5, 5.41) is 6.58. The molecule has 8 aromatic rings. The van der Waals surface area contributed by atoms with Gasteiger partial charge in [-0.3, -0.25) is 34.5 Å². The summed E-state index contributed by atoms with van der Waals surface area (Å²) < 4.78 is 3.15. The standard InChI is InChI=1S/C25H22N4O3.C19H15N3O3.C6H7N.H3N/c1-15-9-10-17(23(30)28-25(32)27-19-7-5-4-6-8-19)12-20(15)21-13-18-14-26-16(2)11-22(18)29(3)24(21)31;1-11-4-5-13(18(24)21-10-23)7-15(11)16-8-14-9-20-12(2)6-17(14)22(3)19(16)25;7-6-4-2-1-3-5-6;/h4-14H,1-3H3,(H2,27,28,30,32);4-9H,1-3H3;1-5H,7H2;1H3. The number of carbonyl (C=O) groups excluding carboxylic acids is 4. The van der Waals surface area contributed by atoms with Crippen molar-refractivity contribution in [3.63, 3.8) is 0 Å². The largest absolute Gasteiger partial charge is 0.399 e. The maximum absolute atomic E-state index is 13.1. The molecule has 4 amide bonds. The molecule has 0 unspecified atom stereocenters. The number of anilines is 2. The number of imide groups is 1. The summed E-state index contributed by atoms with van der Waals surface area (Å²) in [6.45, 7) is 7.46. The number of fused-ring (bicyclic) bond motifs is 2. The molecule has 0 aliphatic rings. The minimum atomic E-state index is -0.689. The van der Waals surface area contributed by atoms with Crippen LogP contribution in [0.1, 0.15) is 43.2 Å². The highest BCUT2D eigenvalue weighted by atomic mass is 16.2. The Hall–Kier alpha value is -8.65. The molecule has 8 rings (SSSR count). The van der Waals surface area contributed by atoms with E-state index in [0.717, 1.165) is 50.0 Å². The van der Waals surface area contributed by atoms with Crippen molar-refractivity contribution >= 4 is 57.1 Å². The van der Waals surface area contributed by atoms with Gasteiger partial charge in [-0.15, -0.1) is 4.99 Å². The van der Waals surface area contributed by atoms with Crippen molar-refractivity contribution in [1.29, 1.82) is 0 Å². The molecule has 0 fully saturated rings. The number of amides is 4. The van der Waals surface area contributed by atoms with Gasteiger partial charge in [0.15, 0.2) is 0 Å². The lowest BCUT2D eigenvalue weighted by Gasteiger charge is -2.13. The number of pyridine rings is 4.